The highest BCUT2D eigenvalue weighted by atomic mass is 16.2. The zero-order chi connectivity index (χ0) is 17.8. The van der Waals surface area contributed by atoms with Crippen LogP contribution in [-0.2, 0) is 16.1 Å². The Morgan fingerprint density at radius 2 is 2.12 bits per heavy atom. The molecule has 1 aromatic heterocycles. The van der Waals surface area contributed by atoms with Crippen LogP contribution in [0.1, 0.15) is 26.1 Å². The molecule has 7 nitrogen and oxygen atoms in total. The third-order valence-electron chi connectivity index (χ3n) is 4.16. The van der Waals surface area contributed by atoms with Gasteiger partial charge in [-0.3, -0.25) is 14.7 Å². The lowest BCUT2D eigenvalue weighted by molar-refractivity contribution is -0.129. The Bertz CT molecular complexity index is 741. The van der Waals surface area contributed by atoms with Crippen LogP contribution in [0.3, 0.4) is 0 Å². The fraction of sp³-hybridized carbons (Fsp3) is 0.444. The van der Waals surface area contributed by atoms with Crippen LogP contribution in [0.25, 0.3) is 11.4 Å². The van der Waals surface area contributed by atoms with Crippen LogP contribution in [0, 0.1) is 11.8 Å². The molecule has 0 saturated carbocycles. The summed E-state index contributed by atoms with van der Waals surface area (Å²) in [5, 5.41) is 9.86. The lowest BCUT2D eigenvalue weighted by Crippen LogP contribution is -2.34. The van der Waals surface area contributed by atoms with Gasteiger partial charge in [0.05, 0.1) is 12.5 Å². The summed E-state index contributed by atoms with van der Waals surface area (Å²) in [5.41, 5.74) is 0.919. The number of rotatable bonds is 6. The van der Waals surface area contributed by atoms with Crippen LogP contribution >= 0.6 is 0 Å². The van der Waals surface area contributed by atoms with Crippen molar-refractivity contribution >= 4 is 11.8 Å². The molecule has 1 aliphatic rings. The van der Waals surface area contributed by atoms with Crippen molar-refractivity contribution in [3.05, 3.63) is 36.2 Å². The Kier molecular flexibility index (Phi) is 5.11. The third-order valence-corrected chi connectivity index (χ3v) is 4.16. The van der Waals surface area contributed by atoms with Crippen molar-refractivity contribution in [3.63, 3.8) is 0 Å². The van der Waals surface area contributed by atoms with Crippen molar-refractivity contribution in [2.45, 2.75) is 26.8 Å². The number of nitrogens with one attached hydrogen (secondary N) is 2. The van der Waals surface area contributed by atoms with Crippen LogP contribution in [0.5, 0.6) is 0 Å². The maximum atomic E-state index is 12.3. The number of H-pyrrole nitrogens is 1. The molecule has 1 saturated heterocycles. The minimum absolute atomic E-state index is 0.0554. The van der Waals surface area contributed by atoms with Crippen LogP contribution in [0.15, 0.2) is 30.3 Å². The van der Waals surface area contributed by atoms with E-state index in [4.69, 9.17) is 0 Å². The largest absolute Gasteiger partial charge is 0.349 e. The van der Waals surface area contributed by atoms with E-state index >= 15 is 0 Å². The van der Waals surface area contributed by atoms with Crippen LogP contribution in [0.2, 0.25) is 0 Å². The average molecular weight is 341 g/mol. The molecular weight excluding hydrogens is 318 g/mol. The number of likely N-dealkylation sites (tertiary alicyclic amines) is 1. The SMILES string of the molecule is CC(C)CN1C[C@@H](C(=O)NCc2nc(-c3ccccc3)n[nH]2)CC1=O. The molecule has 2 aromatic rings. The van der Waals surface area contributed by atoms with E-state index in [0.717, 1.165) is 5.56 Å². The van der Waals surface area contributed by atoms with Gasteiger partial charge in [0.1, 0.15) is 5.82 Å². The average Bonchev–Trinajstić information content (AvgIpc) is 3.20. The fourth-order valence-electron chi connectivity index (χ4n) is 2.97. The molecular formula is C18H23N5O2. The van der Waals surface area contributed by atoms with Crippen LogP contribution in [-0.4, -0.2) is 45.0 Å². The zero-order valence-electron chi connectivity index (χ0n) is 14.5. The second-order valence-electron chi connectivity index (χ2n) is 6.78. The number of carbonyl (C=O) groups is 2. The number of hydrogen-bond acceptors (Lipinski definition) is 4. The second kappa shape index (κ2) is 7.46. The molecule has 2 amide bonds. The van der Waals surface area contributed by atoms with Gasteiger partial charge in [0.2, 0.25) is 11.8 Å². The molecule has 7 heteroatoms. The Hall–Kier alpha value is -2.70. The Balaban J connectivity index is 1.53. The first-order chi connectivity index (χ1) is 12.0. The molecule has 0 bridgehead atoms. The third kappa shape index (κ3) is 4.23. The van der Waals surface area contributed by atoms with Gasteiger partial charge in [0.25, 0.3) is 0 Å². The summed E-state index contributed by atoms with van der Waals surface area (Å²) >= 11 is 0. The van der Waals surface area contributed by atoms with Crippen molar-refractivity contribution in [2.24, 2.45) is 11.8 Å². The van der Waals surface area contributed by atoms with Gasteiger partial charge in [0, 0.05) is 25.1 Å². The number of nitrogens with zero attached hydrogens (tertiary/aromatic N) is 3. The first kappa shape index (κ1) is 17.1. The molecule has 0 aliphatic carbocycles. The van der Waals surface area contributed by atoms with E-state index in [1.807, 2.05) is 30.3 Å². The molecule has 25 heavy (non-hydrogen) atoms. The van der Waals surface area contributed by atoms with Crippen molar-refractivity contribution in [2.75, 3.05) is 13.1 Å². The Morgan fingerprint density at radius 1 is 1.36 bits per heavy atom. The van der Waals surface area contributed by atoms with Crippen LogP contribution < -0.4 is 5.32 Å². The first-order valence-electron chi connectivity index (χ1n) is 8.55. The van der Waals surface area contributed by atoms with E-state index in [9.17, 15) is 9.59 Å². The number of amides is 2. The Labute approximate surface area is 146 Å². The number of aromatic nitrogens is 3. The summed E-state index contributed by atoms with van der Waals surface area (Å²) in [6, 6.07) is 9.64. The quantitative estimate of drug-likeness (QED) is 0.835. The predicted molar refractivity (Wildman–Crippen MR) is 93.2 cm³/mol. The lowest BCUT2D eigenvalue weighted by atomic mass is 10.1. The number of aromatic amines is 1. The fourth-order valence-corrected chi connectivity index (χ4v) is 2.97. The lowest BCUT2D eigenvalue weighted by Gasteiger charge is -2.18. The summed E-state index contributed by atoms with van der Waals surface area (Å²) in [5.74, 6) is 1.25. The molecule has 0 unspecified atom stereocenters. The van der Waals surface area contributed by atoms with Crippen molar-refractivity contribution < 1.29 is 9.59 Å². The maximum Gasteiger partial charge on any atom is 0.225 e. The summed E-state index contributed by atoms with van der Waals surface area (Å²) < 4.78 is 0. The zero-order valence-corrected chi connectivity index (χ0v) is 14.5. The van der Waals surface area contributed by atoms with Gasteiger partial charge in [-0.15, -0.1) is 0 Å². The molecule has 132 valence electrons. The van der Waals surface area contributed by atoms with Gasteiger partial charge in [0.15, 0.2) is 5.82 Å². The molecule has 1 fully saturated rings. The monoisotopic (exact) mass is 341 g/mol. The summed E-state index contributed by atoms with van der Waals surface area (Å²) in [6.45, 7) is 5.59. The van der Waals surface area contributed by atoms with E-state index in [0.29, 0.717) is 30.7 Å². The maximum absolute atomic E-state index is 12.3. The van der Waals surface area contributed by atoms with E-state index in [2.05, 4.69) is 34.3 Å². The van der Waals surface area contributed by atoms with Gasteiger partial charge in [-0.2, -0.15) is 5.10 Å². The van der Waals surface area contributed by atoms with E-state index in [1.165, 1.54) is 0 Å². The number of hydrogen-bond donors (Lipinski definition) is 2. The van der Waals surface area contributed by atoms with E-state index < -0.39 is 0 Å². The van der Waals surface area contributed by atoms with Crippen LogP contribution in [0.4, 0.5) is 0 Å². The number of benzene rings is 1. The molecule has 1 aromatic carbocycles. The summed E-state index contributed by atoms with van der Waals surface area (Å²) in [4.78, 5) is 30.5. The first-order valence-corrected chi connectivity index (χ1v) is 8.55. The summed E-state index contributed by atoms with van der Waals surface area (Å²) in [7, 11) is 0. The molecule has 0 spiro atoms. The van der Waals surface area contributed by atoms with Crippen molar-refractivity contribution in [1.82, 2.24) is 25.4 Å². The highest BCUT2D eigenvalue weighted by Gasteiger charge is 2.34. The minimum atomic E-state index is -0.289. The topological polar surface area (TPSA) is 91.0 Å². The summed E-state index contributed by atoms with van der Waals surface area (Å²) in [6.07, 6.45) is 0.282. The van der Waals surface area contributed by atoms with Gasteiger partial charge in [-0.1, -0.05) is 44.2 Å². The molecule has 1 aliphatic heterocycles. The van der Waals surface area contributed by atoms with Gasteiger partial charge >= 0.3 is 0 Å². The van der Waals surface area contributed by atoms with Gasteiger partial charge in [-0.25, -0.2) is 4.98 Å². The normalized spacial score (nSPS) is 17.3. The van der Waals surface area contributed by atoms with E-state index in [-0.39, 0.29) is 30.7 Å². The Morgan fingerprint density at radius 3 is 2.84 bits per heavy atom. The standard InChI is InChI=1S/C18H23N5O2/c1-12(2)10-23-11-14(8-16(23)24)18(25)19-9-15-20-17(22-21-15)13-6-4-3-5-7-13/h3-7,12,14H,8-11H2,1-2H3,(H,19,25)(H,20,21,22)/t14-/m0/s1. The predicted octanol–water partition coefficient (Wildman–Crippen LogP) is 1.59. The minimum Gasteiger partial charge on any atom is -0.349 e. The molecule has 2 N–H and O–H groups in total. The highest BCUT2D eigenvalue weighted by Crippen LogP contribution is 2.19. The van der Waals surface area contributed by atoms with E-state index in [1.54, 1.807) is 4.90 Å². The molecule has 3 rings (SSSR count). The highest BCUT2D eigenvalue weighted by molar-refractivity contribution is 5.89. The van der Waals surface area contributed by atoms with Crippen molar-refractivity contribution in [1.29, 1.82) is 0 Å². The van der Waals surface area contributed by atoms with Crippen molar-refractivity contribution in [3.8, 4) is 11.4 Å². The number of carbonyl (C=O) groups excluding carboxylic acids is 2. The second-order valence-corrected chi connectivity index (χ2v) is 6.78. The molecule has 1 atom stereocenters. The molecule has 0 radical (unpaired) electrons. The van der Waals surface area contributed by atoms with Gasteiger partial charge in [-0.05, 0) is 5.92 Å². The molecule has 2 heterocycles. The smallest absolute Gasteiger partial charge is 0.225 e. The van der Waals surface area contributed by atoms with Gasteiger partial charge < -0.3 is 10.2 Å².